The average molecular weight is 403 g/mol. The zero-order valence-corrected chi connectivity index (χ0v) is 16.3. The van der Waals surface area contributed by atoms with Crippen molar-refractivity contribution in [2.45, 2.75) is 19.6 Å². The van der Waals surface area contributed by atoms with Gasteiger partial charge < -0.3 is 19.3 Å². The topological polar surface area (TPSA) is 81.1 Å². The van der Waals surface area contributed by atoms with Crippen molar-refractivity contribution < 1.29 is 19.1 Å². The van der Waals surface area contributed by atoms with Gasteiger partial charge in [0.25, 0.3) is 5.91 Å². The van der Waals surface area contributed by atoms with Gasteiger partial charge in [0, 0.05) is 24.2 Å². The quantitative estimate of drug-likeness (QED) is 0.760. The smallest absolute Gasteiger partial charge is 0.307 e. The van der Waals surface area contributed by atoms with Crippen LogP contribution in [-0.4, -0.2) is 60.2 Å². The molecule has 0 radical (unpaired) electrons. The number of carbonyl (C=O) groups is 2. The summed E-state index contributed by atoms with van der Waals surface area (Å²) in [5.74, 6) is 0.0849. The molecule has 1 saturated heterocycles. The largest absolute Gasteiger partial charge is 0.476 e. The molecule has 8 nitrogen and oxygen atoms in total. The van der Waals surface area contributed by atoms with E-state index in [-0.39, 0.29) is 29.8 Å². The Morgan fingerprint density at radius 1 is 1.21 bits per heavy atom. The number of hydrogen-bond acceptors (Lipinski definition) is 6. The first-order valence-electron chi connectivity index (χ1n) is 9.12. The third-order valence-electron chi connectivity index (χ3n) is 4.94. The highest BCUT2D eigenvalue weighted by Gasteiger charge is 2.36. The molecule has 0 saturated carbocycles. The van der Waals surface area contributed by atoms with Crippen molar-refractivity contribution in [3.05, 3.63) is 45.0 Å². The summed E-state index contributed by atoms with van der Waals surface area (Å²) in [5.41, 5.74) is 1.35. The first kappa shape index (κ1) is 18.7. The number of para-hydroxylation sites is 2. The second-order valence-electron chi connectivity index (χ2n) is 6.75. The molecule has 3 heterocycles. The number of ether oxygens (including phenoxy) is 2. The minimum absolute atomic E-state index is 0.0685. The van der Waals surface area contributed by atoms with Crippen LogP contribution in [0.4, 0.5) is 5.69 Å². The maximum Gasteiger partial charge on any atom is 0.307 e. The third-order valence-corrected chi connectivity index (χ3v) is 5.82. The molecule has 28 heavy (non-hydrogen) atoms. The van der Waals surface area contributed by atoms with E-state index in [1.807, 2.05) is 6.07 Å². The van der Waals surface area contributed by atoms with Crippen LogP contribution in [-0.2, 0) is 20.9 Å². The van der Waals surface area contributed by atoms with Crippen molar-refractivity contribution in [1.82, 2.24) is 9.47 Å². The molecule has 9 heteroatoms. The van der Waals surface area contributed by atoms with Gasteiger partial charge in [0.1, 0.15) is 12.3 Å². The molecule has 148 valence electrons. The highest BCUT2D eigenvalue weighted by Crippen LogP contribution is 2.33. The van der Waals surface area contributed by atoms with Crippen molar-refractivity contribution in [3.63, 3.8) is 0 Å². The molecule has 1 atom stereocenters. The van der Waals surface area contributed by atoms with Crippen molar-refractivity contribution in [2.75, 3.05) is 37.7 Å². The minimum atomic E-state index is -0.780. The number of thiazole rings is 1. The number of amides is 2. The number of anilines is 1. The van der Waals surface area contributed by atoms with Crippen molar-refractivity contribution >= 4 is 28.8 Å². The molecule has 2 aliphatic rings. The zero-order chi connectivity index (χ0) is 19.7. The second-order valence-corrected chi connectivity index (χ2v) is 7.57. The van der Waals surface area contributed by atoms with E-state index < -0.39 is 6.10 Å². The van der Waals surface area contributed by atoms with Crippen molar-refractivity contribution in [2.24, 2.45) is 0 Å². The number of hydrogen-bond donors (Lipinski definition) is 0. The maximum atomic E-state index is 13.0. The minimum Gasteiger partial charge on any atom is -0.476 e. The Balaban J connectivity index is 1.59. The number of morpholine rings is 1. The fourth-order valence-electron chi connectivity index (χ4n) is 3.40. The zero-order valence-electron chi connectivity index (χ0n) is 15.5. The van der Waals surface area contributed by atoms with E-state index in [4.69, 9.17) is 9.47 Å². The summed E-state index contributed by atoms with van der Waals surface area (Å²) >= 11 is 1.07. The lowest BCUT2D eigenvalue weighted by molar-refractivity contribution is -0.142. The van der Waals surface area contributed by atoms with E-state index in [1.165, 1.54) is 4.57 Å². The van der Waals surface area contributed by atoms with E-state index in [9.17, 15) is 14.4 Å². The number of carbonyl (C=O) groups excluding carboxylic acids is 2. The Labute approximate surface area is 165 Å². The third kappa shape index (κ3) is 3.55. The summed E-state index contributed by atoms with van der Waals surface area (Å²) in [5, 5.41) is 1.73. The van der Waals surface area contributed by atoms with Gasteiger partial charge in [0.05, 0.1) is 25.4 Å². The van der Waals surface area contributed by atoms with E-state index in [0.29, 0.717) is 37.7 Å². The van der Waals surface area contributed by atoms with Crippen LogP contribution in [0.3, 0.4) is 0 Å². The van der Waals surface area contributed by atoms with Gasteiger partial charge in [-0.15, -0.1) is 0 Å². The Kier molecular flexibility index (Phi) is 5.19. The average Bonchev–Trinajstić information content (AvgIpc) is 3.05. The van der Waals surface area contributed by atoms with Gasteiger partial charge in [-0.1, -0.05) is 23.5 Å². The molecule has 0 unspecified atom stereocenters. The number of nitrogens with zero attached hydrogens (tertiary/aromatic N) is 3. The van der Waals surface area contributed by atoms with E-state index in [2.05, 4.69) is 0 Å². The summed E-state index contributed by atoms with van der Waals surface area (Å²) in [6.45, 7) is 3.86. The van der Waals surface area contributed by atoms with Gasteiger partial charge >= 0.3 is 4.87 Å². The molecule has 2 amide bonds. The van der Waals surface area contributed by atoms with Crippen LogP contribution in [0.15, 0.2) is 34.4 Å². The summed E-state index contributed by atoms with van der Waals surface area (Å²) in [4.78, 5) is 41.0. The maximum absolute atomic E-state index is 13.0. The number of aryl methyl sites for hydroxylation is 1. The summed E-state index contributed by atoms with van der Waals surface area (Å²) in [6, 6.07) is 7.15. The molecule has 1 fully saturated rings. The van der Waals surface area contributed by atoms with Crippen LogP contribution >= 0.6 is 11.3 Å². The van der Waals surface area contributed by atoms with Gasteiger partial charge in [-0.3, -0.25) is 19.0 Å². The highest BCUT2D eigenvalue weighted by molar-refractivity contribution is 7.07. The number of rotatable bonds is 3. The molecular weight excluding hydrogens is 382 g/mol. The van der Waals surface area contributed by atoms with Gasteiger partial charge in [-0.2, -0.15) is 0 Å². The molecule has 0 aliphatic carbocycles. The molecule has 0 N–H and O–H groups in total. The predicted octanol–water partition coefficient (Wildman–Crippen LogP) is 0.871. The van der Waals surface area contributed by atoms with Crippen LogP contribution in [0.25, 0.3) is 0 Å². The summed E-state index contributed by atoms with van der Waals surface area (Å²) in [6.07, 6.45) is -0.780. The Hall–Kier alpha value is -2.65. The Bertz CT molecular complexity index is 947. The monoisotopic (exact) mass is 403 g/mol. The SMILES string of the molecule is Cc1csc(=O)n1CC(=O)N1C[C@H](C(=O)N2CCOCC2)Oc2ccccc21. The molecule has 0 spiro atoms. The lowest BCUT2D eigenvalue weighted by Gasteiger charge is -2.37. The molecule has 4 rings (SSSR count). The summed E-state index contributed by atoms with van der Waals surface area (Å²) in [7, 11) is 0. The van der Waals surface area contributed by atoms with Gasteiger partial charge in [0.15, 0.2) is 6.10 Å². The lowest BCUT2D eigenvalue weighted by atomic mass is 10.1. The Morgan fingerprint density at radius 3 is 2.68 bits per heavy atom. The van der Waals surface area contributed by atoms with Crippen LogP contribution in [0, 0.1) is 6.92 Å². The van der Waals surface area contributed by atoms with Gasteiger partial charge in [0.2, 0.25) is 5.91 Å². The first-order valence-corrected chi connectivity index (χ1v) is 10.00. The fraction of sp³-hybridized carbons (Fsp3) is 0.421. The first-order chi connectivity index (χ1) is 13.5. The number of aromatic nitrogens is 1. The van der Waals surface area contributed by atoms with Gasteiger partial charge in [-0.25, -0.2) is 0 Å². The van der Waals surface area contributed by atoms with E-state index in [1.54, 1.807) is 40.3 Å². The fourth-order valence-corrected chi connectivity index (χ4v) is 4.14. The number of fused-ring (bicyclic) bond motifs is 1. The molecular formula is C19H21N3O5S. The molecule has 1 aromatic heterocycles. The highest BCUT2D eigenvalue weighted by atomic mass is 32.1. The van der Waals surface area contributed by atoms with Crippen LogP contribution in [0.1, 0.15) is 5.69 Å². The van der Waals surface area contributed by atoms with Crippen LogP contribution < -0.4 is 14.5 Å². The van der Waals surface area contributed by atoms with Crippen molar-refractivity contribution in [3.8, 4) is 5.75 Å². The lowest BCUT2D eigenvalue weighted by Crippen LogP contribution is -2.54. The Morgan fingerprint density at radius 2 is 1.96 bits per heavy atom. The molecule has 2 aliphatic heterocycles. The normalized spacial score (nSPS) is 19.1. The number of benzene rings is 1. The van der Waals surface area contributed by atoms with Crippen LogP contribution in [0.5, 0.6) is 5.75 Å². The second kappa shape index (κ2) is 7.76. The van der Waals surface area contributed by atoms with E-state index in [0.717, 1.165) is 17.0 Å². The standard InChI is InChI=1S/C19H21N3O5S/c1-13-12-28-19(25)21(13)11-17(23)22-10-16(18(24)20-6-8-26-9-7-20)27-15-5-3-2-4-14(15)22/h2-5,12,16H,6-11H2,1H3/t16-/m1/s1. The van der Waals surface area contributed by atoms with Crippen molar-refractivity contribution in [1.29, 1.82) is 0 Å². The van der Waals surface area contributed by atoms with Gasteiger partial charge in [-0.05, 0) is 19.1 Å². The summed E-state index contributed by atoms with van der Waals surface area (Å²) < 4.78 is 12.7. The molecule has 1 aromatic carbocycles. The molecule has 0 bridgehead atoms. The predicted molar refractivity (Wildman–Crippen MR) is 104 cm³/mol. The van der Waals surface area contributed by atoms with Crippen LogP contribution in [0.2, 0.25) is 0 Å². The molecule has 2 aromatic rings. The van der Waals surface area contributed by atoms with E-state index >= 15 is 0 Å².